The van der Waals surface area contributed by atoms with Crippen LogP contribution in [-0.2, 0) is 0 Å². The van der Waals surface area contributed by atoms with Gasteiger partial charge < -0.3 is 14.4 Å². The minimum atomic E-state index is 0. The summed E-state index contributed by atoms with van der Waals surface area (Å²) >= 11 is 0. The molecule has 19 heavy (non-hydrogen) atoms. The summed E-state index contributed by atoms with van der Waals surface area (Å²) in [7, 11) is 1.62. The average Bonchev–Trinajstić information content (AvgIpc) is 2.39. The number of rotatable bonds is 5. The normalized spacial score (nSPS) is 10.0. The molecule has 1 aromatic rings. The van der Waals surface area contributed by atoms with E-state index < -0.39 is 0 Å². The molecule has 0 saturated carbocycles. The van der Waals surface area contributed by atoms with Crippen LogP contribution in [0.15, 0.2) is 12.1 Å². The maximum atomic E-state index is 12.4. The monoisotopic (exact) mass is 255 g/mol. The Bertz CT molecular complexity index is 415. The van der Waals surface area contributed by atoms with Crippen molar-refractivity contribution < 1.29 is 28.4 Å². The van der Waals surface area contributed by atoms with Gasteiger partial charge >= 0.3 is 18.9 Å². The van der Waals surface area contributed by atoms with Crippen LogP contribution in [-0.4, -0.2) is 31.0 Å². The third kappa shape index (κ3) is 4.30. The zero-order chi connectivity index (χ0) is 13.7. The second-order valence-electron chi connectivity index (χ2n) is 4.50. The van der Waals surface area contributed by atoms with Gasteiger partial charge in [-0.3, -0.25) is 0 Å². The Labute approximate surface area is 128 Å². The van der Waals surface area contributed by atoms with Gasteiger partial charge in [0.1, 0.15) is 0 Å². The number of benzene rings is 1. The molecule has 0 aliphatic heterocycles. The van der Waals surface area contributed by atoms with Crippen molar-refractivity contribution in [3.8, 4) is 5.75 Å². The van der Waals surface area contributed by atoms with Crippen LogP contribution >= 0.6 is 0 Å². The van der Waals surface area contributed by atoms with Gasteiger partial charge in [0, 0.05) is 18.8 Å². The molecule has 0 bridgehead atoms. The molecule has 1 aromatic carbocycles. The molecular formula is C15H22LiNO2. The van der Waals surface area contributed by atoms with Gasteiger partial charge in [0.25, 0.3) is 0 Å². The molecule has 0 aromatic heterocycles. The largest absolute Gasteiger partial charge is 1.00 e. The Hall–Kier alpha value is -0.913. The fraction of sp³-hybridized carbons (Fsp3) is 0.533. The first-order valence-corrected chi connectivity index (χ1v) is 6.43. The fourth-order valence-electron chi connectivity index (χ4n) is 1.92. The maximum absolute atomic E-state index is 12.4. The molecule has 0 aliphatic rings. The Morgan fingerprint density at radius 1 is 1.37 bits per heavy atom. The van der Waals surface area contributed by atoms with E-state index in [1.165, 1.54) is 0 Å². The standard InChI is InChI=1S/C15H22NO2.Li/c1-6-16(7-2)15(17)13-9-8-12(18-5)10-14(13)11(3)4;/h8,10-11H,6-7H2,1-5H3;/q-1;+1. The van der Waals surface area contributed by atoms with Gasteiger partial charge in [-0.2, -0.15) is 0 Å². The second kappa shape index (κ2) is 8.30. The predicted octanol–water partition coefficient (Wildman–Crippen LogP) is 0.105. The van der Waals surface area contributed by atoms with Crippen LogP contribution < -0.4 is 23.6 Å². The topological polar surface area (TPSA) is 29.5 Å². The number of hydrogen-bond donors (Lipinski definition) is 0. The van der Waals surface area contributed by atoms with E-state index in [4.69, 9.17) is 4.74 Å². The van der Waals surface area contributed by atoms with Gasteiger partial charge in [0.2, 0.25) is 0 Å². The van der Waals surface area contributed by atoms with Crippen molar-refractivity contribution in [2.24, 2.45) is 0 Å². The number of carbonyl (C=O) groups excluding carboxylic acids is 1. The zero-order valence-electron chi connectivity index (χ0n) is 12.9. The number of hydrogen-bond acceptors (Lipinski definition) is 2. The van der Waals surface area contributed by atoms with Gasteiger partial charge in [-0.1, -0.05) is 25.3 Å². The summed E-state index contributed by atoms with van der Waals surface area (Å²) in [5.74, 6) is 1.06. The van der Waals surface area contributed by atoms with Crippen LogP contribution in [0.2, 0.25) is 0 Å². The van der Waals surface area contributed by atoms with E-state index in [0.717, 1.165) is 11.3 Å². The summed E-state index contributed by atoms with van der Waals surface area (Å²) in [6.07, 6.45) is 0. The molecule has 0 radical (unpaired) electrons. The molecule has 0 unspecified atom stereocenters. The van der Waals surface area contributed by atoms with Gasteiger partial charge in [-0.15, -0.1) is 23.8 Å². The number of carbonyl (C=O) groups is 1. The summed E-state index contributed by atoms with van der Waals surface area (Å²) in [6.45, 7) is 9.54. The van der Waals surface area contributed by atoms with Gasteiger partial charge in [-0.05, 0) is 13.8 Å². The van der Waals surface area contributed by atoms with Gasteiger partial charge in [0.05, 0.1) is 7.11 Å². The van der Waals surface area contributed by atoms with Crippen molar-refractivity contribution in [1.29, 1.82) is 0 Å². The number of nitrogens with zero attached hydrogens (tertiary/aromatic N) is 1. The molecule has 0 heterocycles. The van der Waals surface area contributed by atoms with E-state index in [2.05, 4.69) is 19.9 Å². The first-order valence-electron chi connectivity index (χ1n) is 6.43. The van der Waals surface area contributed by atoms with Crippen LogP contribution in [0.5, 0.6) is 5.75 Å². The maximum Gasteiger partial charge on any atom is 1.00 e. The minimum absolute atomic E-state index is 0. The first-order chi connectivity index (χ1) is 8.54. The minimum Gasteiger partial charge on any atom is -0.540 e. The van der Waals surface area contributed by atoms with Gasteiger partial charge in [0.15, 0.2) is 5.91 Å². The summed E-state index contributed by atoms with van der Waals surface area (Å²) in [4.78, 5) is 14.2. The molecule has 4 heteroatoms. The SMILES string of the molecule is CCN(CC)C(=O)c1[c-]cc(OC)cc1C(C)C.[Li+]. The van der Waals surface area contributed by atoms with Crippen molar-refractivity contribution in [2.75, 3.05) is 20.2 Å². The molecule has 0 fully saturated rings. The van der Waals surface area contributed by atoms with Crippen LogP contribution in [0.1, 0.15) is 49.5 Å². The van der Waals surface area contributed by atoms with Crippen molar-refractivity contribution >= 4 is 5.91 Å². The molecule has 1 rings (SSSR count). The summed E-state index contributed by atoms with van der Waals surface area (Å²) in [5, 5.41) is 0. The third-order valence-corrected chi connectivity index (χ3v) is 3.07. The van der Waals surface area contributed by atoms with Gasteiger partial charge in [-0.25, -0.2) is 0 Å². The molecular weight excluding hydrogens is 233 g/mol. The molecule has 3 nitrogen and oxygen atoms in total. The smallest absolute Gasteiger partial charge is 0.540 e. The average molecular weight is 255 g/mol. The Balaban J connectivity index is 0.00000324. The van der Waals surface area contributed by atoms with Crippen molar-refractivity contribution in [2.45, 2.75) is 33.6 Å². The number of ether oxygens (including phenoxy) is 1. The first kappa shape index (κ1) is 18.1. The molecule has 0 aliphatic carbocycles. The third-order valence-electron chi connectivity index (χ3n) is 3.07. The quantitative estimate of drug-likeness (QED) is 0.552. The predicted molar refractivity (Wildman–Crippen MR) is 73.2 cm³/mol. The molecule has 1 amide bonds. The van der Waals surface area contributed by atoms with Crippen molar-refractivity contribution in [1.82, 2.24) is 4.90 Å². The Morgan fingerprint density at radius 3 is 2.37 bits per heavy atom. The fourth-order valence-corrected chi connectivity index (χ4v) is 1.92. The molecule has 100 valence electrons. The van der Waals surface area contributed by atoms with E-state index in [-0.39, 0.29) is 30.7 Å². The summed E-state index contributed by atoms with van der Waals surface area (Å²) in [5.41, 5.74) is 1.65. The van der Waals surface area contributed by atoms with E-state index in [0.29, 0.717) is 18.7 Å². The molecule has 0 spiro atoms. The molecule has 0 N–H and O–H groups in total. The van der Waals surface area contributed by atoms with Crippen molar-refractivity contribution in [3.63, 3.8) is 0 Å². The summed E-state index contributed by atoms with van der Waals surface area (Å²) < 4.78 is 5.20. The van der Waals surface area contributed by atoms with E-state index in [1.54, 1.807) is 13.2 Å². The summed E-state index contributed by atoms with van der Waals surface area (Å²) in [6, 6.07) is 6.72. The Kier molecular flexibility index (Phi) is 7.90. The van der Waals surface area contributed by atoms with Crippen LogP contribution in [0.3, 0.4) is 0 Å². The number of methoxy groups -OCH3 is 1. The van der Waals surface area contributed by atoms with Crippen LogP contribution in [0.4, 0.5) is 0 Å². The molecule has 0 saturated heterocycles. The van der Waals surface area contributed by atoms with Crippen molar-refractivity contribution in [3.05, 3.63) is 29.3 Å². The van der Waals surface area contributed by atoms with Crippen LogP contribution in [0.25, 0.3) is 0 Å². The molecule has 0 atom stereocenters. The second-order valence-corrected chi connectivity index (χ2v) is 4.50. The number of amides is 1. The van der Waals surface area contributed by atoms with E-state index >= 15 is 0 Å². The van der Waals surface area contributed by atoms with E-state index in [1.807, 2.05) is 24.8 Å². The van der Waals surface area contributed by atoms with Crippen LogP contribution in [0, 0.1) is 6.07 Å². The van der Waals surface area contributed by atoms with E-state index in [9.17, 15) is 4.79 Å². The Morgan fingerprint density at radius 2 is 1.95 bits per heavy atom. The zero-order valence-corrected chi connectivity index (χ0v) is 12.9.